The normalized spacial score (nSPS) is 13.5. The highest BCUT2D eigenvalue weighted by Gasteiger charge is 2.35. The number of pyridine rings is 1. The van der Waals surface area contributed by atoms with Crippen LogP contribution >= 0.6 is 0 Å². The fourth-order valence-corrected chi connectivity index (χ4v) is 3.53. The molecule has 1 aromatic carbocycles. The Morgan fingerprint density at radius 2 is 2.00 bits per heavy atom. The summed E-state index contributed by atoms with van der Waals surface area (Å²) in [4.78, 5) is 36.7. The second kappa shape index (κ2) is 9.59. The van der Waals surface area contributed by atoms with Crippen LogP contribution in [0.1, 0.15) is 33.6 Å². The number of aromatic nitrogens is 3. The topological polar surface area (TPSA) is 102 Å². The minimum absolute atomic E-state index is 0.0432. The van der Waals surface area contributed by atoms with Crippen molar-refractivity contribution in [3.8, 4) is 5.75 Å². The molecule has 32 heavy (non-hydrogen) atoms. The maximum atomic E-state index is 12.5. The van der Waals surface area contributed by atoms with Crippen molar-refractivity contribution in [2.75, 3.05) is 33.8 Å². The van der Waals surface area contributed by atoms with Crippen molar-refractivity contribution in [2.24, 2.45) is 0 Å². The zero-order valence-corrected chi connectivity index (χ0v) is 18.1. The summed E-state index contributed by atoms with van der Waals surface area (Å²) in [6.07, 6.45) is 4.00. The molecule has 0 unspecified atom stereocenters. The Bertz CT molecular complexity index is 1080. The van der Waals surface area contributed by atoms with Gasteiger partial charge in [0.05, 0.1) is 19.4 Å². The van der Waals surface area contributed by atoms with E-state index < -0.39 is 0 Å². The Balaban J connectivity index is 1.24. The Kier molecular flexibility index (Phi) is 6.44. The fourth-order valence-electron chi connectivity index (χ4n) is 3.53. The second-order valence-corrected chi connectivity index (χ2v) is 7.79. The van der Waals surface area contributed by atoms with Crippen molar-refractivity contribution >= 4 is 11.8 Å². The summed E-state index contributed by atoms with van der Waals surface area (Å²) in [7, 11) is 3.35. The van der Waals surface area contributed by atoms with Crippen molar-refractivity contribution in [3.63, 3.8) is 0 Å². The first-order valence-electron chi connectivity index (χ1n) is 10.4. The highest BCUT2D eigenvalue weighted by atomic mass is 16.5. The average Bonchev–Trinajstić information content (AvgIpc) is 3.25. The van der Waals surface area contributed by atoms with Crippen LogP contribution in [-0.2, 0) is 17.6 Å². The average molecular weight is 435 g/mol. The third-order valence-corrected chi connectivity index (χ3v) is 5.50. The van der Waals surface area contributed by atoms with Gasteiger partial charge in [0.25, 0.3) is 5.91 Å². The summed E-state index contributed by atoms with van der Waals surface area (Å²) in [6, 6.07) is 10.9. The van der Waals surface area contributed by atoms with E-state index in [2.05, 4.69) is 15.1 Å². The molecular weight excluding hydrogens is 410 g/mol. The number of likely N-dealkylation sites (tertiary alicyclic amines) is 1. The first-order valence-corrected chi connectivity index (χ1v) is 10.4. The van der Waals surface area contributed by atoms with E-state index in [0.717, 1.165) is 11.3 Å². The molecule has 9 heteroatoms. The van der Waals surface area contributed by atoms with Crippen molar-refractivity contribution < 1.29 is 18.8 Å². The molecule has 0 atom stereocenters. The Morgan fingerprint density at radius 1 is 1.22 bits per heavy atom. The fraction of sp³-hybridized carbons (Fsp3) is 0.348. The number of carbonyl (C=O) groups excluding carboxylic acids is 2. The molecule has 1 fully saturated rings. The van der Waals surface area contributed by atoms with Gasteiger partial charge < -0.3 is 19.1 Å². The minimum Gasteiger partial charge on any atom is -0.497 e. The van der Waals surface area contributed by atoms with Crippen LogP contribution in [-0.4, -0.2) is 70.5 Å². The quantitative estimate of drug-likeness (QED) is 0.533. The van der Waals surface area contributed by atoms with Gasteiger partial charge in [-0.05, 0) is 29.8 Å². The molecule has 166 valence electrons. The van der Waals surface area contributed by atoms with Crippen LogP contribution in [0.4, 0.5) is 0 Å². The standard InChI is InChI=1S/C23H25N5O4/c1-27(23(30)17-6-9-24-10-7-17)11-8-20-25-22(32-26-20)18-14-28(15-18)21(29)13-16-4-3-5-19(12-16)31-2/h3-7,9-10,12,18H,8,11,13-15H2,1-2H3. The van der Waals surface area contributed by atoms with Crippen LogP contribution in [0.15, 0.2) is 53.3 Å². The van der Waals surface area contributed by atoms with Gasteiger partial charge in [-0.25, -0.2) is 0 Å². The van der Waals surface area contributed by atoms with E-state index >= 15 is 0 Å². The molecule has 0 bridgehead atoms. The maximum Gasteiger partial charge on any atom is 0.253 e. The number of hydrogen-bond donors (Lipinski definition) is 0. The number of hydrogen-bond acceptors (Lipinski definition) is 7. The lowest BCUT2D eigenvalue weighted by Crippen LogP contribution is -2.49. The molecule has 9 nitrogen and oxygen atoms in total. The van der Waals surface area contributed by atoms with E-state index in [4.69, 9.17) is 9.26 Å². The van der Waals surface area contributed by atoms with Crippen LogP contribution in [0.2, 0.25) is 0 Å². The van der Waals surface area contributed by atoms with E-state index in [9.17, 15) is 9.59 Å². The summed E-state index contributed by atoms with van der Waals surface area (Å²) >= 11 is 0. The molecule has 1 aliphatic heterocycles. The van der Waals surface area contributed by atoms with Crippen LogP contribution in [0, 0.1) is 0 Å². The highest BCUT2D eigenvalue weighted by molar-refractivity contribution is 5.93. The summed E-state index contributed by atoms with van der Waals surface area (Å²) in [5.41, 5.74) is 1.51. The van der Waals surface area contributed by atoms with Gasteiger partial charge in [0.1, 0.15) is 5.75 Å². The summed E-state index contributed by atoms with van der Waals surface area (Å²) in [5.74, 6) is 1.85. The monoisotopic (exact) mass is 435 g/mol. The predicted octanol–water partition coefficient (Wildman–Crippen LogP) is 1.96. The van der Waals surface area contributed by atoms with Gasteiger partial charge in [0.15, 0.2) is 5.82 Å². The van der Waals surface area contributed by atoms with Gasteiger partial charge in [0, 0.05) is 51.1 Å². The van der Waals surface area contributed by atoms with E-state index in [1.54, 1.807) is 48.5 Å². The van der Waals surface area contributed by atoms with E-state index in [0.29, 0.717) is 49.8 Å². The molecule has 0 N–H and O–H groups in total. The zero-order chi connectivity index (χ0) is 22.5. The molecule has 2 amide bonds. The molecule has 0 radical (unpaired) electrons. The van der Waals surface area contributed by atoms with Gasteiger partial charge in [0.2, 0.25) is 11.8 Å². The third kappa shape index (κ3) is 4.93. The lowest BCUT2D eigenvalue weighted by Gasteiger charge is -2.37. The first kappa shape index (κ1) is 21.5. The summed E-state index contributed by atoms with van der Waals surface area (Å²) in [5, 5.41) is 4.03. The van der Waals surface area contributed by atoms with Crippen molar-refractivity contribution in [3.05, 3.63) is 71.6 Å². The summed E-state index contributed by atoms with van der Waals surface area (Å²) in [6.45, 7) is 1.59. The number of carbonyl (C=O) groups is 2. The van der Waals surface area contributed by atoms with Crippen LogP contribution in [0.25, 0.3) is 0 Å². The Labute approximate surface area is 186 Å². The maximum absolute atomic E-state index is 12.5. The number of methoxy groups -OCH3 is 1. The number of ether oxygens (including phenoxy) is 1. The van der Waals surface area contributed by atoms with Gasteiger partial charge >= 0.3 is 0 Å². The van der Waals surface area contributed by atoms with Crippen LogP contribution in [0.3, 0.4) is 0 Å². The van der Waals surface area contributed by atoms with Gasteiger partial charge in [-0.3, -0.25) is 14.6 Å². The van der Waals surface area contributed by atoms with Crippen molar-refractivity contribution in [1.29, 1.82) is 0 Å². The number of rotatable bonds is 8. The SMILES string of the molecule is COc1cccc(CC(=O)N2CC(c3nc(CCN(C)C(=O)c4ccncc4)no3)C2)c1. The molecule has 0 saturated carbocycles. The second-order valence-electron chi connectivity index (χ2n) is 7.79. The lowest BCUT2D eigenvalue weighted by atomic mass is 9.98. The molecule has 0 spiro atoms. The van der Waals surface area contributed by atoms with Crippen LogP contribution < -0.4 is 4.74 Å². The number of amides is 2. The first-order chi connectivity index (χ1) is 15.5. The molecular formula is C23H25N5O4. The number of benzene rings is 1. The predicted molar refractivity (Wildman–Crippen MR) is 115 cm³/mol. The van der Waals surface area contributed by atoms with Crippen molar-refractivity contribution in [2.45, 2.75) is 18.8 Å². The zero-order valence-electron chi connectivity index (χ0n) is 18.1. The lowest BCUT2D eigenvalue weighted by molar-refractivity contribution is -0.135. The molecule has 3 heterocycles. The third-order valence-electron chi connectivity index (χ3n) is 5.50. The Morgan fingerprint density at radius 3 is 2.75 bits per heavy atom. The molecule has 0 aliphatic carbocycles. The summed E-state index contributed by atoms with van der Waals surface area (Å²) < 4.78 is 10.6. The minimum atomic E-state index is -0.0831. The highest BCUT2D eigenvalue weighted by Crippen LogP contribution is 2.26. The van der Waals surface area contributed by atoms with E-state index in [-0.39, 0.29) is 17.7 Å². The largest absolute Gasteiger partial charge is 0.497 e. The molecule has 3 aromatic rings. The van der Waals surface area contributed by atoms with E-state index in [1.807, 2.05) is 24.3 Å². The van der Waals surface area contributed by atoms with Crippen molar-refractivity contribution in [1.82, 2.24) is 24.9 Å². The Hall–Kier alpha value is -3.75. The van der Waals surface area contributed by atoms with E-state index in [1.165, 1.54) is 0 Å². The van der Waals surface area contributed by atoms with Gasteiger partial charge in [-0.15, -0.1) is 0 Å². The molecule has 2 aromatic heterocycles. The van der Waals surface area contributed by atoms with Crippen LogP contribution in [0.5, 0.6) is 5.75 Å². The molecule has 1 aliphatic rings. The molecule has 1 saturated heterocycles. The van der Waals surface area contributed by atoms with Gasteiger partial charge in [-0.1, -0.05) is 17.3 Å². The number of nitrogens with zero attached hydrogens (tertiary/aromatic N) is 5. The molecule has 4 rings (SSSR count). The van der Waals surface area contributed by atoms with Gasteiger partial charge in [-0.2, -0.15) is 4.98 Å². The smallest absolute Gasteiger partial charge is 0.253 e. The number of likely N-dealkylation sites (N-methyl/N-ethyl adjacent to an activating group) is 1.